The number of ether oxygens (including phenoxy) is 1. The summed E-state index contributed by atoms with van der Waals surface area (Å²) in [5.41, 5.74) is 3.19. The van der Waals surface area contributed by atoms with Gasteiger partial charge in [0.05, 0.1) is 12.0 Å². The van der Waals surface area contributed by atoms with E-state index < -0.39 is 5.97 Å². The zero-order valence-electron chi connectivity index (χ0n) is 19.6. The number of hydrogen-bond donors (Lipinski definition) is 3. The Hall–Kier alpha value is -4.26. The molecule has 3 N–H and O–H groups in total. The average molecular weight is 474 g/mol. The van der Waals surface area contributed by atoms with Crippen LogP contribution in [0.2, 0.25) is 0 Å². The minimum Gasteiger partial charge on any atom is -0.504 e. The number of aromatic hydroxyl groups is 2. The van der Waals surface area contributed by atoms with Gasteiger partial charge >= 0.3 is 5.97 Å². The second kappa shape index (κ2) is 10.3. The Balaban J connectivity index is 1.48. The highest BCUT2D eigenvalue weighted by Crippen LogP contribution is 2.34. The predicted molar refractivity (Wildman–Crippen MR) is 132 cm³/mol. The van der Waals surface area contributed by atoms with Gasteiger partial charge in [0.25, 0.3) is 5.91 Å². The van der Waals surface area contributed by atoms with Crippen molar-refractivity contribution in [2.24, 2.45) is 5.92 Å². The van der Waals surface area contributed by atoms with Gasteiger partial charge in [-0.15, -0.1) is 0 Å². The number of carbonyl (C=O) groups is 2. The van der Waals surface area contributed by atoms with Crippen LogP contribution in [0.15, 0.2) is 71.1 Å². The summed E-state index contributed by atoms with van der Waals surface area (Å²) in [5, 5.41) is 22.7. The Kier molecular flexibility index (Phi) is 7.06. The Labute approximate surface area is 203 Å². The van der Waals surface area contributed by atoms with Crippen LogP contribution in [-0.2, 0) is 22.6 Å². The van der Waals surface area contributed by atoms with Crippen LogP contribution >= 0.6 is 0 Å². The number of rotatable bonds is 8. The Morgan fingerprint density at radius 2 is 1.66 bits per heavy atom. The summed E-state index contributed by atoms with van der Waals surface area (Å²) in [4.78, 5) is 25.2. The van der Waals surface area contributed by atoms with Crippen LogP contribution in [0.1, 0.15) is 35.3 Å². The van der Waals surface area contributed by atoms with Crippen LogP contribution < -0.4 is 5.32 Å². The minimum absolute atomic E-state index is 0.0280. The molecule has 3 aromatic carbocycles. The van der Waals surface area contributed by atoms with Crippen molar-refractivity contribution in [3.63, 3.8) is 0 Å². The van der Waals surface area contributed by atoms with Gasteiger partial charge in [0, 0.05) is 17.5 Å². The van der Waals surface area contributed by atoms with Gasteiger partial charge < -0.3 is 24.7 Å². The van der Waals surface area contributed by atoms with E-state index in [1.807, 2.05) is 62.4 Å². The maximum absolute atomic E-state index is 13.0. The molecule has 0 bridgehead atoms. The van der Waals surface area contributed by atoms with Crippen molar-refractivity contribution in [2.45, 2.75) is 26.9 Å². The van der Waals surface area contributed by atoms with Gasteiger partial charge in [0.2, 0.25) is 0 Å². The fraction of sp³-hybridized carbons (Fsp3) is 0.214. The van der Waals surface area contributed by atoms with Gasteiger partial charge in [-0.25, -0.2) is 0 Å². The lowest BCUT2D eigenvalue weighted by molar-refractivity contribution is -0.144. The van der Waals surface area contributed by atoms with E-state index in [4.69, 9.17) is 9.15 Å². The number of phenolic OH excluding ortho intramolecular Hbond substituents is 2. The summed E-state index contributed by atoms with van der Waals surface area (Å²) in [6.45, 7) is 4.71. The molecule has 1 aromatic heterocycles. The number of furan rings is 1. The molecule has 0 saturated carbocycles. The molecule has 1 heterocycles. The molecular formula is C28H27NO6. The Bertz CT molecular complexity index is 1350. The fourth-order valence-corrected chi connectivity index (χ4v) is 3.67. The zero-order chi connectivity index (χ0) is 24.9. The molecule has 0 spiro atoms. The van der Waals surface area contributed by atoms with Crippen LogP contribution in [0.25, 0.3) is 22.3 Å². The molecule has 4 rings (SSSR count). The lowest BCUT2D eigenvalue weighted by atomic mass is 10.0. The quantitative estimate of drug-likeness (QED) is 0.240. The molecule has 7 heteroatoms. The van der Waals surface area contributed by atoms with Crippen molar-refractivity contribution < 1.29 is 29.0 Å². The van der Waals surface area contributed by atoms with E-state index in [1.165, 1.54) is 12.1 Å². The van der Waals surface area contributed by atoms with Gasteiger partial charge in [-0.2, -0.15) is 0 Å². The molecule has 35 heavy (non-hydrogen) atoms. The molecule has 0 saturated heterocycles. The minimum atomic E-state index is -0.458. The summed E-state index contributed by atoms with van der Waals surface area (Å²) in [5.74, 6) is -0.358. The van der Waals surface area contributed by atoms with E-state index in [-0.39, 0.29) is 30.4 Å². The van der Waals surface area contributed by atoms with Gasteiger partial charge in [-0.1, -0.05) is 62.4 Å². The van der Waals surface area contributed by atoms with E-state index in [1.54, 1.807) is 6.07 Å². The number of amides is 1. The second-order valence-electron chi connectivity index (χ2n) is 8.76. The van der Waals surface area contributed by atoms with Crippen molar-refractivity contribution >= 4 is 22.8 Å². The number of fused-ring (bicyclic) bond motifs is 1. The number of esters is 1. The molecule has 0 aliphatic heterocycles. The van der Waals surface area contributed by atoms with Crippen molar-refractivity contribution in [1.29, 1.82) is 0 Å². The molecule has 0 aliphatic carbocycles. The van der Waals surface area contributed by atoms with Crippen LogP contribution in [0.5, 0.6) is 11.5 Å². The standard InChI is InChI=1S/C28H27NO6/c1-17(2)15-29-28(33)26-21-5-3-4-6-24(21)35-27(26)20-10-7-18(8-11-20)16-34-25(32)14-19-9-12-22(30)23(31)13-19/h3-13,17,30-31H,14-16H2,1-2H3,(H,29,33). The van der Waals surface area contributed by atoms with Gasteiger partial charge in [-0.3, -0.25) is 9.59 Å². The third-order valence-corrected chi connectivity index (χ3v) is 5.50. The normalized spacial score (nSPS) is 11.1. The topological polar surface area (TPSA) is 109 Å². The first kappa shape index (κ1) is 23.9. The first-order valence-electron chi connectivity index (χ1n) is 11.4. The molecule has 0 radical (unpaired) electrons. The molecular weight excluding hydrogens is 446 g/mol. The van der Waals surface area contributed by atoms with E-state index in [0.717, 1.165) is 16.5 Å². The highest BCUT2D eigenvalue weighted by Gasteiger charge is 2.22. The van der Waals surface area contributed by atoms with Crippen LogP contribution in [0.3, 0.4) is 0 Å². The summed E-state index contributed by atoms with van der Waals surface area (Å²) in [6, 6.07) is 18.9. The maximum atomic E-state index is 13.0. The smallest absolute Gasteiger partial charge is 0.310 e. The third kappa shape index (κ3) is 5.63. The van der Waals surface area contributed by atoms with Gasteiger partial charge in [0.1, 0.15) is 18.0 Å². The highest BCUT2D eigenvalue weighted by molar-refractivity contribution is 6.11. The first-order chi connectivity index (χ1) is 16.8. The Morgan fingerprint density at radius 3 is 2.37 bits per heavy atom. The number of phenols is 2. The number of hydrogen-bond acceptors (Lipinski definition) is 6. The summed E-state index contributed by atoms with van der Waals surface area (Å²) >= 11 is 0. The molecule has 0 unspecified atom stereocenters. The molecule has 180 valence electrons. The largest absolute Gasteiger partial charge is 0.504 e. The van der Waals surface area contributed by atoms with E-state index >= 15 is 0 Å². The van der Waals surface area contributed by atoms with Crippen LogP contribution in [0, 0.1) is 5.92 Å². The van der Waals surface area contributed by atoms with Crippen molar-refractivity contribution in [3.05, 3.63) is 83.4 Å². The molecule has 0 atom stereocenters. The summed E-state index contributed by atoms with van der Waals surface area (Å²) in [7, 11) is 0. The average Bonchev–Trinajstić information content (AvgIpc) is 3.23. The van der Waals surface area contributed by atoms with Gasteiger partial charge in [-0.05, 0) is 35.2 Å². The van der Waals surface area contributed by atoms with Gasteiger partial charge in [0.15, 0.2) is 11.5 Å². The number of para-hydroxylation sites is 1. The summed E-state index contributed by atoms with van der Waals surface area (Å²) in [6.07, 6.45) is -0.0280. The number of carbonyl (C=O) groups excluding carboxylic acids is 2. The fourth-order valence-electron chi connectivity index (χ4n) is 3.67. The SMILES string of the molecule is CC(C)CNC(=O)c1c(-c2ccc(COC(=O)Cc3ccc(O)c(O)c3)cc2)oc2ccccc12. The molecule has 4 aromatic rings. The summed E-state index contributed by atoms with van der Waals surface area (Å²) < 4.78 is 11.4. The van der Waals surface area contributed by atoms with Crippen LogP contribution in [0.4, 0.5) is 0 Å². The Morgan fingerprint density at radius 1 is 0.943 bits per heavy atom. The molecule has 0 aliphatic rings. The van der Waals surface area contributed by atoms with E-state index in [0.29, 0.717) is 34.9 Å². The van der Waals surface area contributed by atoms with Crippen molar-refractivity contribution in [1.82, 2.24) is 5.32 Å². The number of nitrogens with one attached hydrogen (secondary N) is 1. The zero-order valence-corrected chi connectivity index (χ0v) is 19.6. The first-order valence-corrected chi connectivity index (χ1v) is 11.4. The van der Waals surface area contributed by atoms with Crippen molar-refractivity contribution in [2.75, 3.05) is 6.54 Å². The lowest BCUT2D eigenvalue weighted by Crippen LogP contribution is -2.27. The third-order valence-electron chi connectivity index (χ3n) is 5.50. The molecule has 7 nitrogen and oxygen atoms in total. The highest BCUT2D eigenvalue weighted by atomic mass is 16.5. The molecule has 0 fully saturated rings. The van der Waals surface area contributed by atoms with Crippen molar-refractivity contribution in [3.8, 4) is 22.8 Å². The predicted octanol–water partition coefficient (Wildman–Crippen LogP) is 5.18. The van der Waals surface area contributed by atoms with Crippen LogP contribution in [-0.4, -0.2) is 28.6 Å². The molecule has 1 amide bonds. The maximum Gasteiger partial charge on any atom is 0.310 e. The van der Waals surface area contributed by atoms with E-state index in [2.05, 4.69) is 5.32 Å². The monoisotopic (exact) mass is 473 g/mol. The van der Waals surface area contributed by atoms with E-state index in [9.17, 15) is 19.8 Å². The number of benzene rings is 3. The lowest BCUT2D eigenvalue weighted by Gasteiger charge is -2.09. The second-order valence-corrected chi connectivity index (χ2v) is 8.76.